The van der Waals surface area contributed by atoms with Crippen LogP contribution in [0.3, 0.4) is 0 Å². The van der Waals surface area contributed by atoms with Crippen LogP contribution in [-0.2, 0) is 0 Å². The predicted molar refractivity (Wildman–Crippen MR) is 97.3 cm³/mol. The fourth-order valence-corrected chi connectivity index (χ4v) is 3.51. The van der Waals surface area contributed by atoms with Gasteiger partial charge >= 0.3 is 0 Å². The molecule has 0 aromatic heterocycles. The molecule has 4 heteroatoms. The Balaban J connectivity index is 1.83. The normalized spacial score (nSPS) is 21.2. The number of benzene rings is 1. The maximum atomic E-state index is 6.32. The van der Waals surface area contributed by atoms with E-state index in [1.807, 2.05) is 13.1 Å². The minimum absolute atomic E-state index is 0.373. The van der Waals surface area contributed by atoms with Gasteiger partial charge in [0.05, 0.1) is 12.3 Å². The summed E-state index contributed by atoms with van der Waals surface area (Å²) in [6, 6.07) is 4.21. The second kappa shape index (κ2) is 6.60. The molecule has 1 saturated carbocycles. The molecule has 1 saturated heterocycles. The number of hydrogen-bond acceptors (Lipinski definition) is 4. The molecule has 4 nitrogen and oxygen atoms in total. The molecule has 0 bridgehead atoms. The van der Waals surface area contributed by atoms with Crippen molar-refractivity contribution < 1.29 is 4.74 Å². The van der Waals surface area contributed by atoms with Crippen LogP contribution < -0.4 is 15.8 Å². The Labute approximate surface area is 140 Å². The van der Waals surface area contributed by atoms with Crippen LogP contribution in [0.25, 0.3) is 0 Å². The average molecular weight is 317 g/mol. The van der Waals surface area contributed by atoms with Gasteiger partial charge in [-0.15, -0.1) is 0 Å². The van der Waals surface area contributed by atoms with Crippen LogP contribution in [0.1, 0.15) is 51.0 Å². The maximum absolute atomic E-state index is 6.32. The van der Waals surface area contributed by atoms with Crippen LogP contribution in [0.15, 0.2) is 12.1 Å². The van der Waals surface area contributed by atoms with Gasteiger partial charge in [-0.2, -0.15) is 0 Å². The highest BCUT2D eigenvalue weighted by Gasteiger charge is 2.38. The molecule has 128 valence electrons. The van der Waals surface area contributed by atoms with Gasteiger partial charge in [0.15, 0.2) is 0 Å². The molecular formula is C19H31N3O. The van der Waals surface area contributed by atoms with Crippen molar-refractivity contribution in [3.63, 3.8) is 0 Å². The molecular weight excluding hydrogens is 286 g/mol. The Morgan fingerprint density at radius 1 is 1.30 bits per heavy atom. The van der Waals surface area contributed by atoms with Crippen LogP contribution in [-0.4, -0.2) is 38.2 Å². The zero-order valence-electron chi connectivity index (χ0n) is 14.8. The fraction of sp³-hybridized carbons (Fsp3) is 0.684. The minimum Gasteiger partial charge on any atom is -0.490 e. The van der Waals surface area contributed by atoms with Gasteiger partial charge in [-0.3, -0.25) is 0 Å². The van der Waals surface area contributed by atoms with E-state index in [1.54, 1.807) is 0 Å². The molecule has 3 rings (SSSR count). The van der Waals surface area contributed by atoms with E-state index < -0.39 is 0 Å². The van der Waals surface area contributed by atoms with Crippen LogP contribution >= 0.6 is 0 Å². The van der Waals surface area contributed by atoms with Crippen molar-refractivity contribution in [1.29, 1.82) is 0 Å². The molecule has 1 aromatic rings. The molecule has 2 fully saturated rings. The molecule has 2 aliphatic rings. The number of hydrogen-bond donors (Lipinski definition) is 2. The molecule has 1 aliphatic heterocycles. The number of piperidine rings is 1. The van der Waals surface area contributed by atoms with E-state index >= 15 is 0 Å². The van der Waals surface area contributed by atoms with Crippen molar-refractivity contribution in [3.8, 4) is 5.75 Å². The summed E-state index contributed by atoms with van der Waals surface area (Å²) in [5.74, 6) is 1.57. The third kappa shape index (κ3) is 3.57. The minimum atomic E-state index is 0.373. The van der Waals surface area contributed by atoms with Crippen molar-refractivity contribution in [2.24, 2.45) is 5.41 Å². The lowest BCUT2D eigenvalue weighted by atomic mass is 9.88. The number of nitrogens with two attached hydrogens (primary N) is 1. The molecule has 0 unspecified atom stereocenters. The Bertz CT molecular complexity index is 546. The van der Waals surface area contributed by atoms with Crippen molar-refractivity contribution in [1.82, 2.24) is 4.90 Å². The third-order valence-corrected chi connectivity index (χ3v) is 5.61. The number of rotatable bonds is 6. The molecule has 1 heterocycles. The summed E-state index contributed by atoms with van der Waals surface area (Å²) >= 11 is 0. The summed E-state index contributed by atoms with van der Waals surface area (Å²) < 4.78 is 6.32. The zero-order chi connectivity index (χ0) is 16.4. The molecule has 23 heavy (non-hydrogen) atoms. The SMILES string of the molecule is CCN1CCC(c2ccc(N)c(NC)c2OCC2(C)CC2)CC1. The van der Waals surface area contributed by atoms with Gasteiger partial charge in [-0.1, -0.05) is 19.9 Å². The van der Waals surface area contributed by atoms with Gasteiger partial charge in [0.2, 0.25) is 0 Å². The lowest BCUT2D eigenvalue weighted by Crippen LogP contribution is -2.32. The summed E-state index contributed by atoms with van der Waals surface area (Å²) in [6.07, 6.45) is 4.95. The number of ether oxygens (including phenoxy) is 1. The molecule has 0 radical (unpaired) electrons. The first kappa shape index (κ1) is 16.4. The summed E-state index contributed by atoms with van der Waals surface area (Å²) in [6.45, 7) is 8.85. The van der Waals surface area contributed by atoms with Crippen molar-refractivity contribution in [2.45, 2.75) is 45.4 Å². The van der Waals surface area contributed by atoms with Gasteiger partial charge in [0, 0.05) is 12.5 Å². The van der Waals surface area contributed by atoms with Gasteiger partial charge in [-0.05, 0) is 62.9 Å². The molecule has 0 amide bonds. The Hall–Kier alpha value is -1.42. The van der Waals surface area contributed by atoms with Crippen molar-refractivity contribution in [2.75, 3.05) is 44.3 Å². The van der Waals surface area contributed by atoms with E-state index in [2.05, 4.69) is 30.1 Å². The van der Waals surface area contributed by atoms with E-state index in [0.717, 1.165) is 30.3 Å². The largest absolute Gasteiger partial charge is 0.490 e. The number of nitrogens with zero attached hydrogens (tertiary/aromatic N) is 1. The lowest BCUT2D eigenvalue weighted by molar-refractivity contribution is 0.214. The van der Waals surface area contributed by atoms with Crippen LogP contribution in [0.5, 0.6) is 5.75 Å². The number of anilines is 2. The topological polar surface area (TPSA) is 50.5 Å². The van der Waals surface area contributed by atoms with Crippen LogP contribution in [0.2, 0.25) is 0 Å². The highest BCUT2D eigenvalue weighted by atomic mass is 16.5. The molecule has 0 atom stereocenters. The molecule has 1 aliphatic carbocycles. The van der Waals surface area contributed by atoms with Gasteiger partial charge in [0.25, 0.3) is 0 Å². The zero-order valence-corrected chi connectivity index (χ0v) is 14.8. The van der Waals surface area contributed by atoms with Crippen molar-refractivity contribution >= 4 is 11.4 Å². The van der Waals surface area contributed by atoms with E-state index in [4.69, 9.17) is 10.5 Å². The second-order valence-electron chi connectivity index (χ2n) is 7.51. The average Bonchev–Trinajstić information content (AvgIpc) is 3.31. The van der Waals surface area contributed by atoms with Gasteiger partial charge < -0.3 is 20.7 Å². The van der Waals surface area contributed by atoms with E-state index in [1.165, 1.54) is 44.3 Å². The summed E-state index contributed by atoms with van der Waals surface area (Å²) in [5.41, 5.74) is 9.63. The Morgan fingerprint density at radius 3 is 2.57 bits per heavy atom. The monoisotopic (exact) mass is 317 g/mol. The van der Waals surface area contributed by atoms with Crippen LogP contribution in [0, 0.1) is 5.41 Å². The summed E-state index contributed by atoms with van der Waals surface area (Å²) in [4.78, 5) is 2.53. The number of nitrogens with one attached hydrogen (secondary N) is 1. The molecule has 0 spiro atoms. The summed E-state index contributed by atoms with van der Waals surface area (Å²) in [5, 5.41) is 3.26. The van der Waals surface area contributed by atoms with E-state index in [-0.39, 0.29) is 0 Å². The van der Waals surface area contributed by atoms with Gasteiger partial charge in [0.1, 0.15) is 11.4 Å². The highest BCUT2D eigenvalue weighted by molar-refractivity contribution is 5.75. The first-order valence-corrected chi connectivity index (χ1v) is 9.01. The quantitative estimate of drug-likeness (QED) is 0.786. The number of nitrogen functional groups attached to an aromatic ring is 1. The molecule has 3 N–H and O–H groups in total. The first-order valence-electron chi connectivity index (χ1n) is 9.01. The fourth-order valence-electron chi connectivity index (χ4n) is 3.51. The second-order valence-corrected chi connectivity index (χ2v) is 7.51. The smallest absolute Gasteiger partial charge is 0.147 e. The standard InChI is InChI=1S/C19H31N3O/c1-4-22-11-7-14(8-12-22)15-5-6-16(20)17(21-3)18(15)23-13-19(2)9-10-19/h5-6,14,21H,4,7-13,20H2,1-3H3. The molecule has 1 aromatic carbocycles. The Kier molecular flexibility index (Phi) is 4.72. The maximum Gasteiger partial charge on any atom is 0.147 e. The van der Waals surface area contributed by atoms with E-state index in [9.17, 15) is 0 Å². The highest BCUT2D eigenvalue weighted by Crippen LogP contribution is 2.47. The lowest BCUT2D eigenvalue weighted by Gasteiger charge is -2.32. The first-order chi connectivity index (χ1) is 11.1. The number of likely N-dealkylation sites (tertiary alicyclic amines) is 1. The third-order valence-electron chi connectivity index (χ3n) is 5.61. The van der Waals surface area contributed by atoms with Gasteiger partial charge in [-0.25, -0.2) is 0 Å². The summed E-state index contributed by atoms with van der Waals surface area (Å²) in [7, 11) is 1.93. The predicted octanol–water partition coefficient (Wildman–Crippen LogP) is 3.69. The van der Waals surface area contributed by atoms with Crippen molar-refractivity contribution in [3.05, 3.63) is 17.7 Å². The van der Waals surface area contributed by atoms with Crippen LogP contribution in [0.4, 0.5) is 11.4 Å². The Morgan fingerprint density at radius 2 is 2.00 bits per heavy atom. The van der Waals surface area contributed by atoms with E-state index in [0.29, 0.717) is 11.3 Å².